The molecule has 0 saturated carbocycles. The van der Waals surface area contributed by atoms with Crippen molar-refractivity contribution in [2.24, 2.45) is 7.05 Å². The monoisotopic (exact) mass is 328 g/mol. The molecule has 1 unspecified atom stereocenters. The van der Waals surface area contributed by atoms with E-state index in [1.54, 1.807) is 6.20 Å². The highest BCUT2D eigenvalue weighted by molar-refractivity contribution is 5.67. The molecular weight excluding hydrogens is 304 g/mol. The van der Waals surface area contributed by atoms with Crippen molar-refractivity contribution in [3.63, 3.8) is 0 Å². The number of hydrogen-bond donors (Lipinski definition) is 0. The number of anilines is 1. The van der Waals surface area contributed by atoms with Crippen molar-refractivity contribution in [1.29, 1.82) is 0 Å². The topological polar surface area (TPSA) is 50.6 Å². The third kappa shape index (κ3) is 3.43. The number of carbonyl (C=O) groups is 1. The molecule has 0 N–H and O–H groups in total. The molecule has 0 amide bonds. The van der Waals surface area contributed by atoms with Crippen LogP contribution in [0.25, 0.3) is 0 Å². The normalized spacial score (nSPS) is 16.9. The molecule has 1 atom stereocenters. The molecule has 6 heteroatoms. The first kappa shape index (κ1) is 16.5. The molecule has 6 nitrogen and oxygen atoms in total. The van der Waals surface area contributed by atoms with Crippen LogP contribution in [0, 0.1) is 0 Å². The zero-order valence-corrected chi connectivity index (χ0v) is 14.5. The van der Waals surface area contributed by atoms with Gasteiger partial charge in [-0.25, -0.2) is 4.98 Å². The number of benzene rings is 1. The number of esters is 1. The molecule has 0 bridgehead atoms. The molecule has 3 rings (SSSR count). The van der Waals surface area contributed by atoms with E-state index in [-0.39, 0.29) is 5.97 Å². The first-order valence-electron chi connectivity index (χ1n) is 8.23. The van der Waals surface area contributed by atoms with Crippen molar-refractivity contribution in [1.82, 2.24) is 14.5 Å². The van der Waals surface area contributed by atoms with E-state index in [0.29, 0.717) is 0 Å². The zero-order chi connectivity index (χ0) is 17.1. The highest BCUT2D eigenvalue weighted by Crippen LogP contribution is 2.33. The van der Waals surface area contributed by atoms with Crippen LogP contribution in [0.4, 0.5) is 5.69 Å². The number of piperazine rings is 1. The fraction of sp³-hybridized carbons (Fsp3) is 0.444. The number of hydrogen-bond acceptors (Lipinski definition) is 5. The van der Waals surface area contributed by atoms with E-state index in [9.17, 15) is 4.79 Å². The molecule has 0 spiro atoms. The van der Waals surface area contributed by atoms with Gasteiger partial charge < -0.3 is 19.1 Å². The second-order valence-electron chi connectivity index (χ2n) is 6.23. The van der Waals surface area contributed by atoms with Gasteiger partial charge in [0.25, 0.3) is 0 Å². The maximum atomic E-state index is 11.7. The molecule has 1 saturated heterocycles. The number of carbonyl (C=O) groups excluding carboxylic acids is 1. The molecule has 0 aliphatic carbocycles. The van der Waals surface area contributed by atoms with Gasteiger partial charge >= 0.3 is 5.97 Å². The number of aryl methyl sites for hydroxylation is 1. The van der Waals surface area contributed by atoms with Crippen molar-refractivity contribution in [3.05, 3.63) is 48.0 Å². The van der Waals surface area contributed by atoms with Crippen molar-refractivity contribution in [3.8, 4) is 0 Å². The minimum absolute atomic E-state index is 0.309. The summed E-state index contributed by atoms with van der Waals surface area (Å²) in [7, 11) is 4.05. The largest absolute Gasteiger partial charge is 0.449 e. The van der Waals surface area contributed by atoms with Gasteiger partial charge in [-0.2, -0.15) is 0 Å². The van der Waals surface area contributed by atoms with Gasteiger partial charge in [-0.05, 0) is 13.1 Å². The highest BCUT2D eigenvalue weighted by Gasteiger charge is 2.27. The molecule has 128 valence electrons. The minimum atomic E-state index is -0.502. The molecule has 1 fully saturated rings. The summed E-state index contributed by atoms with van der Waals surface area (Å²) < 4.78 is 7.55. The Morgan fingerprint density at radius 3 is 2.50 bits per heavy atom. The Kier molecular flexibility index (Phi) is 4.85. The molecule has 1 aliphatic rings. The summed E-state index contributed by atoms with van der Waals surface area (Å²) in [5, 5.41) is 0. The number of imidazole rings is 1. The second kappa shape index (κ2) is 7.05. The molecule has 2 heterocycles. The van der Waals surface area contributed by atoms with E-state index in [4.69, 9.17) is 4.74 Å². The van der Waals surface area contributed by atoms with Crippen LogP contribution in [-0.4, -0.2) is 53.6 Å². The van der Waals surface area contributed by atoms with Crippen LogP contribution in [0.15, 0.2) is 36.7 Å². The van der Waals surface area contributed by atoms with Crippen molar-refractivity contribution < 1.29 is 9.53 Å². The van der Waals surface area contributed by atoms with E-state index in [1.165, 1.54) is 6.92 Å². The van der Waals surface area contributed by atoms with Gasteiger partial charge in [0, 0.05) is 63.8 Å². The maximum Gasteiger partial charge on any atom is 0.303 e. The lowest BCUT2D eigenvalue weighted by molar-refractivity contribution is -0.145. The minimum Gasteiger partial charge on any atom is -0.449 e. The van der Waals surface area contributed by atoms with Crippen LogP contribution in [0.1, 0.15) is 24.4 Å². The van der Waals surface area contributed by atoms with Crippen LogP contribution in [-0.2, 0) is 16.6 Å². The molecule has 0 radical (unpaired) electrons. The smallest absolute Gasteiger partial charge is 0.303 e. The van der Waals surface area contributed by atoms with Gasteiger partial charge in [-0.1, -0.05) is 18.2 Å². The number of para-hydroxylation sites is 1. The predicted molar refractivity (Wildman–Crippen MR) is 93.0 cm³/mol. The van der Waals surface area contributed by atoms with Crippen LogP contribution < -0.4 is 4.90 Å². The number of likely N-dealkylation sites (N-methyl/N-ethyl adjacent to an activating group) is 1. The number of nitrogens with zero attached hydrogens (tertiary/aromatic N) is 4. The highest BCUT2D eigenvalue weighted by atomic mass is 16.5. The Morgan fingerprint density at radius 1 is 1.17 bits per heavy atom. The second-order valence-corrected chi connectivity index (χ2v) is 6.23. The van der Waals surface area contributed by atoms with Gasteiger partial charge in [-0.15, -0.1) is 0 Å². The fourth-order valence-corrected chi connectivity index (χ4v) is 3.10. The third-order valence-electron chi connectivity index (χ3n) is 4.44. The van der Waals surface area contributed by atoms with Gasteiger partial charge in [0.1, 0.15) is 0 Å². The average Bonchev–Trinajstić information content (AvgIpc) is 2.99. The molecule has 24 heavy (non-hydrogen) atoms. The number of rotatable bonds is 4. The Morgan fingerprint density at radius 2 is 1.88 bits per heavy atom. The summed E-state index contributed by atoms with van der Waals surface area (Å²) in [6.45, 7) is 5.40. The summed E-state index contributed by atoms with van der Waals surface area (Å²) in [6, 6.07) is 8.13. The number of aromatic nitrogens is 2. The molecule has 1 aliphatic heterocycles. The van der Waals surface area contributed by atoms with E-state index in [1.807, 2.05) is 36.0 Å². The first-order chi connectivity index (χ1) is 11.6. The van der Waals surface area contributed by atoms with Crippen molar-refractivity contribution >= 4 is 11.7 Å². The number of ether oxygens (including phenoxy) is 1. The van der Waals surface area contributed by atoms with Crippen molar-refractivity contribution in [2.75, 3.05) is 38.1 Å². The van der Waals surface area contributed by atoms with E-state index >= 15 is 0 Å². The summed E-state index contributed by atoms with van der Waals surface area (Å²) in [4.78, 5) is 20.8. The lowest BCUT2D eigenvalue weighted by Crippen LogP contribution is -2.45. The quantitative estimate of drug-likeness (QED) is 0.802. The Hall–Kier alpha value is -2.34. The molecule has 1 aromatic heterocycles. The molecule has 1 aromatic carbocycles. The first-order valence-corrected chi connectivity index (χ1v) is 8.23. The third-order valence-corrected chi connectivity index (χ3v) is 4.44. The Balaban J connectivity index is 1.99. The van der Waals surface area contributed by atoms with E-state index in [0.717, 1.165) is 43.3 Å². The van der Waals surface area contributed by atoms with Gasteiger partial charge in [0.05, 0.1) is 0 Å². The fourth-order valence-electron chi connectivity index (χ4n) is 3.10. The summed E-state index contributed by atoms with van der Waals surface area (Å²) in [6.07, 6.45) is 3.09. The van der Waals surface area contributed by atoms with Gasteiger partial charge in [-0.3, -0.25) is 4.79 Å². The summed E-state index contributed by atoms with van der Waals surface area (Å²) >= 11 is 0. The van der Waals surface area contributed by atoms with Gasteiger partial charge in [0.15, 0.2) is 11.9 Å². The predicted octanol–water partition coefficient (Wildman–Crippen LogP) is 1.82. The average molecular weight is 328 g/mol. The van der Waals surface area contributed by atoms with Crippen LogP contribution in [0.5, 0.6) is 0 Å². The Bertz CT molecular complexity index is 705. The van der Waals surface area contributed by atoms with E-state index in [2.05, 4.69) is 27.9 Å². The van der Waals surface area contributed by atoms with Gasteiger partial charge in [0.2, 0.25) is 0 Å². The Labute approximate surface area is 142 Å². The SMILES string of the molecule is CC(=O)OC(c1ccccc1N1CCN(C)CC1)c1nccn1C. The van der Waals surface area contributed by atoms with Crippen LogP contribution in [0.2, 0.25) is 0 Å². The zero-order valence-electron chi connectivity index (χ0n) is 14.5. The van der Waals surface area contributed by atoms with Crippen LogP contribution >= 0.6 is 0 Å². The maximum absolute atomic E-state index is 11.7. The van der Waals surface area contributed by atoms with E-state index < -0.39 is 6.10 Å². The lowest BCUT2D eigenvalue weighted by Gasteiger charge is -2.36. The summed E-state index contributed by atoms with van der Waals surface area (Å²) in [5.41, 5.74) is 2.09. The molecular formula is C18H24N4O2. The molecule has 2 aromatic rings. The standard InChI is InChI=1S/C18H24N4O2/c1-14(23)24-17(18-19-8-9-21(18)3)15-6-4-5-7-16(15)22-12-10-20(2)11-13-22/h4-9,17H,10-13H2,1-3H3. The van der Waals surface area contributed by atoms with Crippen molar-refractivity contribution in [2.45, 2.75) is 13.0 Å². The summed E-state index contributed by atoms with van der Waals surface area (Å²) in [5.74, 6) is 0.419. The lowest BCUT2D eigenvalue weighted by atomic mass is 10.0. The van der Waals surface area contributed by atoms with Crippen LogP contribution in [0.3, 0.4) is 0 Å².